The average Bonchev–Trinajstić information content (AvgIpc) is 3.87. The van der Waals surface area contributed by atoms with Gasteiger partial charge in [0.15, 0.2) is 0 Å². The van der Waals surface area contributed by atoms with Gasteiger partial charge in [0.25, 0.3) is 0 Å². The number of furan rings is 2. The quantitative estimate of drug-likeness (QED) is 0.141. The number of aliphatic hydroxyl groups is 2. The van der Waals surface area contributed by atoms with Crippen molar-refractivity contribution in [3.63, 3.8) is 0 Å². The van der Waals surface area contributed by atoms with E-state index in [-0.39, 0.29) is 30.1 Å². The molecule has 0 saturated carbocycles. The highest BCUT2D eigenvalue weighted by molar-refractivity contribution is 8.77. The normalized spacial score (nSPS) is 9.39. The zero-order valence-electron chi connectivity index (χ0n) is 31.4. The Morgan fingerprint density at radius 1 is 0.541 bits per heavy atom. The van der Waals surface area contributed by atoms with Crippen LogP contribution in [-0.2, 0) is 256 Å². The SMILES string of the molecule is C.CC(C)(C)S.CC(C)(C)SSCc1cocc1CO.OCc1cocc1CSSc1ccccn1.S=S=S=S=S=S=S=S=S=S=S=S.S=S=S=S=S=S=S=S=S=S=S=S=S. The minimum Gasteiger partial charge on any atom is -0.472 e. The van der Waals surface area contributed by atoms with E-state index in [9.17, 15) is 0 Å². The maximum atomic E-state index is 9.04. The van der Waals surface area contributed by atoms with Crippen LogP contribution < -0.4 is 0 Å². The smallest absolute Gasteiger partial charge is 0.106 e. The van der Waals surface area contributed by atoms with E-state index in [1.165, 1.54) is 35.5 Å². The van der Waals surface area contributed by atoms with Crippen LogP contribution in [0.4, 0.5) is 0 Å². The summed E-state index contributed by atoms with van der Waals surface area (Å²) < 4.78 is 10.5. The van der Waals surface area contributed by atoms with Crippen molar-refractivity contribution < 1.29 is 19.0 Å². The summed E-state index contributed by atoms with van der Waals surface area (Å²) in [5.41, 5.74) is 3.88. The van der Waals surface area contributed by atoms with E-state index >= 15 is 0 Å². The second kappa shape index (κ2) is 51.2. The lowest BCUT2D eigenvalue weighted by Crippen LogP contribution is -2.04. The molecule has 0 aliphatic heterocycles. The lowest BCUT2D eigenvalue weighted by Gasteiger charge is -2.15. The van der Waals surface area contributed by atoms with Gasteiger partial charge in [0.2, 0.25) is 0 Å². The lowest BCUT2D eigenvalue weighted by atomic mass is 10.2. The lowest BCUT2D eigenvalue weighted by molar-refractivity contribution is 0.279. The van der Waals surface area contributed by atoms with Gasteiger partial charge in [-0.25, -0.2) is 4.98 Å². The molecule has 5 nitrogen and oxygen atoms in total. The summed E-state index contributed by atoms with van der Waals surface area (Å²) in [6.45, 7) is 12.8. The third-order valence-corrected chi connectivity index (χ3v) is 51.7. The van der Waals surface area contributed by atoms with Crippen LogP contribution in [0.3, 0.4) is 0 Å². The highest BCUT2D eigenvalue weighted by Gasteiger charge is 2.12. The van der Waals surface area contributed by atoms with E-state index in [0.29, 0.717) is 0 Å². The van der Waals surface area contributed by atoms with Gasteiger partial charge in [0, 0.05) is 281 Å². The summed E-state index contributed by atoms with van der Waals surface area (Å²) in [4.78, 5) is 4.21. The molecular weight excluding hydrogens is 1350 g/mol. The number of thiol groups is 1. The first kappa shape index (κ1) is 70.1. The molecule has 2 N–H and O–H groups in total. The summed E-state index contributed by atoms with van der Waals surface area (Å²) in [6, 6.07) is 5.83. The topological polar surface area (TPSA) is 79.6 Å². The molecule has 0 amide bonds. The predicted octanol–water partition coefficient (Wildman–Crippen LogP) is 8.85. The Balaban J connectivity index is -0.000000709. The minimum atomic E-state index is 0. The monoisotopic (exact) mass is 1390 g/mol. The molecule has 354 valence electrons. The number of aliphatic hydroxyl groups excluding tert-OH is 2. The highest BCUT2D eigenvalue weighted by atomic mass is 33.5. The van der Waals surface area contributed by atoms with E-state index < -0.39 is 0 Å². The summed E-state index contributed by atoms with van der Waals surface area (Å²) in [5, 5.41) is 19.0. The molecule has 0 spiro atoms. The first-order chi connectivity index (χ1) is 28.8. The second-order valence-corrected chi connectivity index (χ2v) is 54.7. The standard InChI is InChI=1S/C11H11NO2S2.C10H16O2S2.C4H10S.CH4.S13.S12/c13-5-9-6-14-7-10(9)8-15-16-11-3-1-2-4-12-11;1-10(2,3)14-13-7-9-6-12-5-8(9)4-11;1-4(2,3)5;;1-3-5-7-9-11-13-12-10-8-6-4-2;1-3-5-7-9-11-12-10-8-6-4-2/h1-4,6-7,13H,5,8H2;5-6,11H,4,7H2,1-3H3;5H,1-3H3;1H4;;. The molecule has 0 radical (unpaired) electrons. The van der Waals surface area contributed by atoms with Crippen LogP contribution in [-0.4, -0.2) is 24.7 Å². The van der Waals surface area contributed by atoms with Gasteiger partial charge in [-0.2, -0.15) is 12.6 Å². The Labute approximate surface area is 462 Å². The zero-order valence-corrected chi connectivity index (χ0v) is 56.0. The molecule has 0 aliphatic carbocycles. The maximum Gasteiger partial charge on any atom is 0.106 e. The molecule has 3 heterocycles. The van der Waals surface area contributed by atoms with Crippen molar-refractivity contribution in [3.8, 4) is 0 Å². The molecule has 0 bridgehead atoms. The third kappa shape index (κ3) is 54.1. The van der Waals surface area contributed by atoms with Gasteiger partial charge in [-0.1, -0.05) is 87.4 Å². The molecule has 0 aliphatic rings. The molecule has 0 unspecified atom stereocenters. The molecule has 0 saturated heterocycles. The Morgan fingerprint density at radius 3 is 1.16 bits per heavy atom. The summed E-state index contributed by atoms with van der Waals surface area (Å²) in [7, 11) is 41.3. The molecular formula is C26H41NO4S30. The number of pyridine rings is 1. The van der Waals surface area contributed by atoms with E-state index in [2.05, 4.69) is 81.5 Å². The number of aromatic nitrogens is 1. The molecule has 0 aromatic carbocycles. The van der Waals surface area contributed by atoms with Crippen molar-refractivity contribution in [2.24, 2.45) is 0 Å². The summed E-state index contributed by atoms with van der Waals surface area (Å²) in [5.74, 6) is 1.68. The molecule has 0 fully saturated rings. The van der Waals surface area contributed by atoms with Crippen molar-refractivity contribution in [3.05, 3.63) is 71.7 Å². The van der Waals surface area contributed by atoms with E-state index in [1.807, 2.05) is 29.0 Å². The van der Waals surface area contributed by atoms with Crippen LogP contribution in [0.25, 0.3) is 0 Å². The van der Waals surface area contributed by atoms with Gasteiger partial charge in [-0.15, -0.1) is 0 Å². The summed E-state index contributed by atoms with van der Waals surface area (Å²) in [6.07, 6.45) is 8.36. The van der Waals surface area contributed by atoms with Crippen LogP contribution in [0.1, 0.15) is 71.2 Å². The van der Waals surface area contributed by atoms with Crippen molar-refractivity contribution in [1.82, 2.24) is 4.98 Å². The predicted molar refractivity (Wildman–Crippen MR) is 349 cm³/mol. The first-order valence-electron chi connectivity index (χ1n) is 14.8. The van der Waals surface area contributed by atoms with Crippen LogP contribution in [0.2, 0.25) is 0 Å². The Hall–Kier alpha value is 4.88. The maximum absolute atomic E-state index is 9.04. The second-order valence-electron chi connectivity index (χ2n) is 10.7. The van der Waals surface area contributed by atoms with Crippen molar-refractivity contribution in [2.45, 2.75) is 88.2 Å². The number of hydrogen-bond acceptors (Lipinski definition) is 14. The van der Waals surface area contributed by atoms with E-state index in [1.54, 1.807) is 215 Å². The van der Waals surface area contributed by atoms with Crippen molar-refractivity contribution in [2.75, 3.05) is 0 Å². The Bertz CT molecular complexity index is 2500. The molecule has 61 heavy (non-hydrogen) atoms. The van der Waals surface area contributed by atoms with Gasteiger partial charge in [0.05, 0.1) is 38.3 Å². The first-order valence-corrected chi connectivity index (χ1v) is 50.5. The number of rotatable bonds is 9. The van der Waals surface area contributed by atoms with Gasteiger partial charge < -0.3 is 19.0 Å². The Morgan fingerprint density at radius 2 is 0.869 bits per heavy atom. The van der Waals surface area contributed by atoms with Gasteiger partial charge in [-0.05, 0) is 22.9 Å². The zero-order chi connectivity index (χ0) is 45.2. The highest BCUT2D eigenvalue weighted by Crippen LogP contribution is 2.37. The summed E-state index contributed by atoms with van der Waals surface area (Å²) >= 11 is 22.9. The van der Waals surface area contributed by atoms with Crippen molar-refractivity contribution >= 4 is 287 Å². The molecule has 3 aromatic heterocycles. The fourth-order valence-corrected chi connectivity index (χ4v) is 53.3. The molecule has 3 rings (SSSR count). The molecule has 0 atom stereocenters. The van der Waals surface area contributed by atoms with Crippen molar-refractivity contribution in [1.29, 1.82) is 0 Å². The average molecular weight is 1390 g/mol. The fraction of sp³-hybridized carbons (Fsp3) is 0.500. The Kier molecular flexibility index (Phi) is 58.9. The number of hydrogen-bond donors (Lipinski definition) is 3. The van der Waals surface area contributed by atoms with Crippen LogP contribution in [0.5, 0.6) is 0 Å². The largest absolute Gasteiger partial charge is 0.472 e. The minimum absolute atomic E-state index is 0. The van der Waals surface area contributed by atoms with E-state index in [0.717, 1.165) is 38.8 Å². The third-order valence-electron chi connectivity index (χ3n) is 4.05. The van der Waals surface area contributed by atoms with Gasteiger partial charge >= 0.3 is 0 Å². The van der Waals surface area contributed by atoms with Gasteiger partial charge in [0.1, 0.15) is 5.03 Å². The number of nitrogens with zero attached hydrogens (tertiary/aromatic N) is 1. The van der Waals surface area contributed by atoms with Gasteiger partial charge in [-0.3, -0.25) is 0 Å². The fourth-order valence-electron chi connectivity index (χ4n) is 2.24. The molecule has 3 aromatic rings. The van der Waals surface area contributed by atoms with Crippen LogP contribution in [0, 0.1) is 0 Å². The van der Waals surface area contributed by atoms with E-state index in [4.69, 9.17) is 41.4 Å². The van der Waals surface area contributed by atoms with Crippen LogP contribution >= 0.6 is 55.8 Å². The van der Waals surface area contributed by atoms with Crippen LogP contribution in [0.15, 0.2) is 63.3 Å². The molecule has 35 heteroatoms.